The maximum atomic E-state index is 11.5. The van der Waals surface area contributed by atoms with Gasteiger partial charge in [-0.25, -0.2) is 8.42 Å². The smallest absolute Gasteiger partial charge is 0.361 e. The van der Waals surface area contributed by atoms with Gasteiger partial charge in [0.25, 0.3) is 0 Å². The minimum absolute atomic E-state index is 0.0435. The third kappa shape index (κ3) is 2.68. The zero-order chi connectivity index (χ0) is 14.2. The van der Waals surface area contributed by atoms with Gasteiger partial charge < -0.3 is 5.73 Å². The first-order valence-corrected chi connectivity index (χ1v) is 7.54. The van der Waals surface area contributed by atoms with Crippen molar-refractivity contribution in [3.8, 4) is 0 Å². The second-order valence-corrected chi connectivity index (χ2v) is 6.33. The predicted octanol–water partition coefficient (Wildman–Crippen LogP) is -2.04. The van der Waals surface area contributed by atoms with Crippen LogP contribution in [0, 0.1) is 0 Å². The molecule has 0 atom stereocenters. The number of carbonyl (C=O) groups excluding carboxylic acids is 1. The lowest BCUT2D eigenvalue weighted by molar-refractivity contribution is -0.760. The molecule has 0 radical (unpaired) electrons. The zero-order valence-electron chi connectivity index (χ0n) is 10.7. The Morgan fingerprint density at radius 1 is 1.37 bits per heavy atom. The molecule has 10 heteroatoms. The van der Waals surface area contributed by atoms with Crippen molar-refractivity contribution in [2.24, 2.45) is 0 Å². The van der Waals surface area contributed by atoms with E-state index in [1.165, 1.54) is 22.3 Å². The van der Waals surface area contributed by atoms with Crippen LogP contribution in [0.3, 0.4) is 0 Å². The van der Waals surface area contributed by atoms with Gasteiger partial charge in [0.15, 0.2) is 0 Å². The normalized spacial score (nSPS) is 17.7. The quantitative estimate of drug-likeness (QED) is 0.504. The number of sulfonamides is 1. The molecule has 1 fully saturated rings. The highest BCUT2D eigenvalue weighted by atomic mass is 32.2. The molecular formula is C9H16N5O4S+. The average molecular weight is 290 g/mol. The SMILES string of the molecule is CC(=O)c1c(N)on[n+]1N1CCN(S(C)(=O)=O)CC1. The van der Waals surface area contributed by atoms with Crippen LogP contribution in [0.25, 0.3) is 0 Å². The summed E-state index contributed by atoms with van der Waals surface area (Å²) in [4.78, 5) is 12.8. The van der Waals surface area contributed by atoms with Crippen molar-refractivity contribution in [3.05, 3.63) is 5.69 Å². The minimum Gasteiger partial charge on any atom is -0.361 e. The van der Waals surface area contributed by atoms with Crippen molar-refractivity contribution in [2.75, 3.05) is 43.2 Å². The molecule has 0 amide bonds. The molecule has 0 spiro atoms. The fourth-order valence-corrected chi connectivity index (χ4v) is 2.80. The van der Waals surface area contributed by atoms with Gasteiger partial charge in [-0.2, -0.15) is 4.31 Å². The Morgan fingerprint density at radius 3 is 2.42 bits per heavy atom. The molecule has 106 valence electrons. The lowest BCUT2D eigenvalue weighted by atomic mass is 10.3. The van der Waals surface area contributed by atoms with Gasteiger partial charge in [-0.15, -0.1) is 5.01 Å². The largest absolute Gasteiger partial charge is 0.373 e. The second kappa shape index (κ2) is 4.78. The highest BCUT2D eigenvalue weighted by Gasteiger charge is 2.35. The van der Waals surface area contributed by atoms with Crippen LogP contribution in [-0.4, -0.2) is 56.2 Å². The third-order valence-corrected chi connectivity index (χ3v) is 4.24. The maximum absolute atomic E-state index is 11.5. The number of nitrogens with zero attached hydrogens (tertiary/aromatic N) is 4. The molecule has 0 bridgehead atoms. The Bertz CT molecular complexity index is 588. The molecule has 19 heavy (non-hydrogen) atoms. The summed E-state index contributed by atoms with van der Waals surface area (Å²) in [6, 6.07) is 0. The monoisotopic (exact) mass is 290 g/mol. The first-order chi connectivity index (χ1) is 8.80. The van der Waals surface area contributed by atoms with Crippen LogP contribution in [-0.2, 0) is 10.0 Å². The van der Waals surface area contributed by atoms with Crippen LogP contribution in [0.5, 0.6) is 0 Å². The van der Waals surface area contributed by atoms with E-state index in [9.17, 15) is 13.2 Å². The number of ketones is 1. The van der Waals surface area contributed by atoms with E-state index in [0.29, 0.717) is 26.2 Å². The van der Waals surface area contributed by atoms with Gasteiger partial charge in [-0.1, -0.05) is 0 Å². The molecule has 0 aromatic carbocycles. The van der Waals surface area contributed by atoms with Crippen molar-refractivity contribution in [3.63, 3.8) is 0 Å². The van der Waals surface area contributed by atoms with E-state index >= 15 is 0 Å². The van der Waals surface area contributed by atoms with E-state index in [0.717, 1.165) is 0 Å². The Morgan fingerprint density at radius 2 is 1.95 bits per heavy atom. The number of rotatable bonds is 3. The molecule has 0 saturated carbocycles. The number of nitrogens with two attached hydrogens (primary N) is 1. The van der Waals surface area contributed by atoms with Crippen LogP contribution < -0.4 is 15.5 Å². The van der Waals surface area contributed by atoms with Crippen molar-refractivity contribution in [2.45, 2.75) is 6.92 Å². The molecule has 1 aromatic rings. The van der Waals surface area contributed by atoms with Crippen molar-refractivity contribution in [1.82, 2.24) is 9.58 Å². The van der Waals surface area contributed by atoms with Crippen LogP contribution in [0.15, 0.2) is 4.52 Å². The lowest BCUT2D eigenvalue weighted by Gasteiger charge is -2.28. The van der Waals surface area contributed by atoms with Gasteiger partial charge in [-0.3, -0.25) is 9.32 Å². The number of anilines is 1. The van der Waals surface area contributed by atoms with Gasteiger partial charge in [0.05, 0.1) is 24.1 Å². The molecule has 2 heterocycles. The zero-order valence-corrected chi connectivity index (χ0v) is 11.6. The average Bonchev–Trinajstić information content (AvgIpc) is 2.70. The number of hydrogen-bond donors (Lipinski definition) is 1. The summed E-state index contributed by atoms with van der Waals surface area (Å²) in [7, 11) is -3.19. The van der Waals surface area contributed by atoms with E-state index < -0.39 is 10.0 Å². The van der Waals surface area contributed by atoms with Gasteiger partial charge in [0, 0.05) is 20.0 Å². The molecule has 1 aromatic heterocycles. The lowest BCUT2D eigenvalue weighted by Crippen LogP contribution is -2.67. The van der Waals surface area contributed by atoms with E-state index in [1.54, 1.807) is 5.01 Å². The summed E-state index contributed by atoms with van der Waals surface area (Å²) in [6.07, 6.45) is 1.17. The number of aromatic nitrogens is 2. The number of nitrogen functional groups attached to an aromatic ring is 1. The van der Waals surface area contributed by atoms with Crippen LogP contribution in [0.1, 0.15) is 17.4 Å². The van der Waals surface area contributed by atoms with E-state index in [4.69, 9.17) is 10.3 Å². The summed E-state index contributed by atoms with van der Waals surface area (Å²) in [5.41, 5.74) is 5.72. The van der Waals surface area contributed by atoms with Gasteiger partial charge in [-0.05, 0) is 0 Å². The molecule has 9 nitrogen and oxygen atoms in total. The van der Waals surface area contributed by atoms with Gasteiger partial charge in [0.2, 0.25) is 21.1 Å². The number of hydrogen-bond acceptors (Lipinski definition) is 7. The molecule has 0 aliphatic carbocycles. The first-order valence-electron chi connectivity index (χ1n) is 5.69. The molecule has 1 aliphatic rings. The molecule has 2 rings (SSSR count). The summed E-state index contributed by atoms with van der Waals surface area (Å²) < 4.78 is 29.0. The summed E-state index contributed by atoms with van der Waals surface area (Å²) >= 11 is 0. The summed E-state index contributed by atoms with van der Waals surface area (Å²) in [5, 5.41) is 5.42. The Balaban J connectivity index is 2.17. The highest BCUT2D eigenvalue weighted by Crippen LogP contribution is 2.08. The maximum Gasteiger partial charge on any atom is 0.373 e. The summed E-state index contributed by atoms with van der Waals surface area (Å²) in [5.74, 6) is -0.303. The van der Waals surface area contributed by atoms with Gasteiger partial charge >= 0.3 is 11.6 Å². The van der Waals surface area contributed by atoms with E-state index in [-0.39, 0.29) is 17.4 Å². The molecule has 0 unspecified atom stereocenters. The van der Waals surface area contributed by atoms with Crippen molar-refractivity contribution in [1.29, 1.82) is 0 Å². The van der Waals surface area contributed by atoms with Crippen LogP contribution >= 0.6 is 0 Å². The van der Waals surface area contributed by atoms with E-state index in [1.807, 2.05) is 0 Å². The molecule has 1 saturated heterocycles. The van der Waals surface area contributed by atoms with Crippen molar-refractivity contribution >= 4 is 21.7 Å². The highest BCUT2D eigenvalue weighted by molar-refractivity contribution is 7.88. The second-order valence-electron chi connectivity index (χ2n) is 4.35. The number of piperazine rings is 1. The molecular weight excluding hydrogens is 274 g/mol. The number of carbonyl (C=O) groups is 1. The Kier molecular flexibility index (Phi) is 3.45. The van der Waals surface area contributed by atoms with Crippen molar-refractivity contribution < 1.29 is 22.5 Å². The number of Topliss-reactive ketones (excluding diaryl/α,β-unsaturated/α-hetero) is 1. The van der Waals surface area contributed by atoms with E-state index in [2.05, 4.69) is 5.27 Å². The minimum atomic E-state index is -3.19. The Hall–Kier alpha value is -1.68. The molecule has 1 aliphatic heterocycles. The predicted molar refractivity (Wildman–Crippen MR) is 65.5 cm³/mol. The molecule has 2 N–H and O–H groups in total. The van der Waals surface area contributed by atoms with Gasteiger partial charge in [0.1, 0.15) is 0 Å². The topological polar surface area (TPSA) is 114 Å². The fourth-order valence-electron chi connectivity index (χ4n) is 1.97. The fraction of sp³-hybridized carbons (Fsp3) is 0.667. The first kappa shape index (κ1) is 13.7. The Labute approximate surface area is 110 Å². The summed E-state index contributed by atoms with van der Waals surface area (Å²) in [6.45, 7) is 2.84. The van der Waals surface area contributed by atoms with Crippen LogP contribution in [0.4, 0.5) is 5.88 Å². The van der Waals surface area contributed by atoms with Crippen LogP contribution in [0.2, 0.25) is 0 Å². The standard InChI is InChI=1S/C9H15N5O4S/c1-7(15)8-9(10)18-11-14(8)12-3-5-13(6-4-12)19(2,16)17/h3-6H2,1-2H3,(H-,10,11,15)/p+1. The third-order valence-electron chi connectivity index (χ3n) is 2.94.